The van der Waals surface area contributed by atoms with Crippen LogP contribution >= 0.6 is 11.6 Å². The van der Waals surface area contributed by atoms with Crippen LogP contribution in [-0.4, -0.2) is 33.4 Å². The zero-order valence-electron chi connectivity index (χ0n) is 16.0. The number of halogens is 1. The molecule has 0 aliphatic heterocycles. The standard InChI is InChI=1S/C20H20ClN5O3/c1-3-29-17-7-5-4-6-16(17)23-20(28)19-13(2)26(25-24-19)12-18(27)22-15-10-8-14(21)9-11-15/h4-11H,3,12H2,1-2H3,(H,22,27)(H,23,28). The van der Waals surface area contributed by atoms with E-state index in [0.717, 1.165) is 0 Å². The van der Waals surface area contributed by atoms with Crippen LogP contribution in [0.1, 0.15) is 23.1 Å². The maximum Gasteiger partial charge on any atom is 0.278 e. The Morgan fingerprint density at radius 1 is 1.10 bits per heavy atom. The van der Waals surface area contributed by atoms with Gasteiger partial charge in [0, 0.05) is 10.7 Å². The quantitative estimate of drug-likeness (QED) is 0.617. The summed E-state index contributed by atoms with van der Waals surface area (Å²) in [7, 11) is 0. The van der Waals surface area contributed by atoms with Crippen LogP contribution in [0, 0.1) is 6.92 Å². The number of carbonyl (C=O) groups is 2. The number of aromatic nitrogens is 3. The number of benzene rings is 2. The number of nitrogens with one attached hydrogen (secondary N) is 2. The molecule has 3 aromatic rings. The fraction of sp³-hybridized carbons (Fsp3) is 0.200. The van der Waals surface area contributed by atoms with E-state index in [-0.39, 0.29) is 18.1 Å². The second-order valence-corrected chi connectivity index (χ2v) is 6.56. The minimum absolute atomic E-state index is 0.0791. The number of amides is 2. The van der Waals surface area contributed by atoms with E-state index in [4.69, 9.17) is 16.3 Å². The topological polar surface area (TPSA) is 98.1 Å². The van der Waals surface area contributed by atoms with Crippen molar-refractivity contribution in [3.8, 4) is 5.75 Å². The first-order chi connectivity index (χ1) is 14.0. The summed E-state index contributed by atoms with van der Waals surface area (Å²) < 4.78 is 6.88. The van der Waals surface area contributed by atoms with E-state index in [1.807, 2.05) is 13.0 Å². The number of carbonyl (C=O) groups excluding carboxylic acids is 2. The number of hydrogen-bond acceptors (Lipinski definition) is 5. The number of ether oxygens (including phenoxy) is 1. The van der Waals surface area contributed by atoms with Crippen molar-refractivity contribution >= 4 is 34.8 Å². The highest BCUT2D eigenvalue weighted by molar-refractivity contribution is 6.30. The summed E-state index contributed by atoms with van der Waals surface area (Å²) in [4.78, 5) is 24.9. The van der Waals surface area contributed by atoms with Gasteiger partial charge in [-0.2, -0.15) is 0 Å². The molecule has 8 nitrogen and oxygen atoms in total. The Hall–Kier alpha value is -3.39. The lowest BCUT2D eigenvalue weighted by atomic mass is 10.2. The molecule has 0 aliphatic rings. The smallest absolute Gasteiger partial charge is 0.278 e. The Bertz CT molecular complexity index is 1020. The van der Waals surface area contributed by atoms with E-state index in [0.29, 0.717) is 34.4 Å². The van der Waals surface area contributed by atoms with Crippen molar-refractivity contribution in [1.29, 1.82) is 0 Å². The third kappa shape index (κ3) is 5.11. The number of rotatable bonds is 7. The lowest BCUT2D eigenvalue weighted by Gasteiger charge is -2.10. The van der Waals surface area contributed by atoms with Gasteiger partial charge in [-0.1, -0.05) is 28.9 Å². The number of nitrogens with zero attached hydrogens (tertiary/aromatic N) is 3. The summed E-state index contributed by atoms with van der Waals surface area (Å²) in [5.41, 5.74) is 1.76. The summed E-state index contributed by atoms with van der Waals surface area (Å²) >= 11 is 5.84. The Morgan fingerprint density at radius 2 is 1.83 bits per heavy atom. The van der Waals surface area contributed by atoms with E-state index in [1.165, 1.54) is 4.68 Å². The van der Waals surface area contributed by atoms with Gasteiger partial charge in [0.05, 0.1) is 18.0 Å². The summed E-state index contributed by atoms with van der Waals surface area (Å²) in [5, 5.41) is 13.9. The summed E-state index contributed by atoms with van der Waals surface area (Å²) in [5.74, 6) is -0.163. The third-order valence-corrected chi connectivity index (χ3v) is 4.31. The molecular formula is C20H20ClN5O3. The zero-order valence-corrected chi connectivity index (χ0v) is 16.7. The predicted molar refractivity (Wildman–Crippen MR) is 110 cm³/mol. The van der Waals surface area contributed by atoms with Crippen LogP contribution in [-0.2, 0) is 11.3 Å². The maximum absolute atomic E-state index is 12.6. The van der Waals surface area contributed by atoms with Crippen molar-refractivity contribution in [2.75, 3.05) is 17.2 Å². The molecule has 150 valence electrons. The lowest BCUT2D eigenvalue weighted by Crippen LogP contribution is -2.21. The van der Waals surface area contributed by atoms with Crippen LogP contribution in [0.15, 0.2) is 48.5 Å². The third-order valence-electron chi connectivity index (χ3n) is 4.05. The average molecular weight is 414 g/mol. The second kappa shape index (κ2) is 9.20. The van der Waals surface area contributed by atoms with E-state index in [1.54, 1.807) is 49.4 Å². The summed E-state index contributed by atoms with van der Waals surface area (Å²) in [6.07, 6.45) is 0. The number of hydrogen-bond donors (Lipinski definition) is 2. The van der Waals surface area contributed by atoms with Crippen LogP contribution < -0.4 is 15.4 Å². The normalized spacial score (nSPS) is 10.4. The van der Waals surface area contributed by atoms with E-state index in [2.05, 4.69) is 20.9 Å². The van der Waals surface area contributed by atoms with Gasteiger partial charge in [-0.3, -0.25) is 9.59 Å². The molecule has 2 amide bonds. The van der Waals surface area contributed by atoms with Gasteiger partial charge in [0.25, 0.3) is 5.91 Å². The minimum Gasteiger partial charge on any atom is -0.492 e. The Labute approximate surface area is 172 Å². The van der Waals surface area contributed by atoms with E-state index < -0.39 is 5.91 Å². The van der Waals surface area contributed by atoms with Gasteiger partial charge in [0.2, 0.25) is 5.91 Å². The minimum atomic E-state index is -0.431. The molecule has 0 atom stereocenters. The largest absolute Gasteiger partial charge is 0.492 e. The average Bonchev–Trinajstić information content (AvgIpc) is 3.06. The highest BCUT2D eigenvalue weighted by atomic mass is 35.5. The molecule has 0 saturated carbocycles. The lowest BCUT2D eigenvalue weighted by molar-refractivity contribution is -0.117. The van der Waals surface area contributed by atoms with Gasteiger partial charge in [0.15, 0.2) is 5.69 Å². The van der Waals surface area contributed by atoms with E-state index in [9.17, 15) is 9.59 Å². The first-order valence-corrected chi connectivity index (χ1v) is 9.34. The molecule has 1 aromatic heterocycles. The molecule has 29 heavy (non-hydrogen) atoms. The van der Waals surface area contributed by atoms with Gasteiger partial charge in [-0.25, -0.2) is 4.68 Å². The van der Waals surface area contributed by atoms with Gasteiger partial charge in [-0.15, -0.1) is 5.10 Å². The monoisotopic (exact) mass is 413 g/mol. The van der Waals surface area contributed by atoms with Crippen LogP contribution in [0.5, 0.6) is 5.75 Å². The molecule has 0 unspecified atom stereocenters. The molecule has 1 heterocycles. The molecule has 3 rings (SSSR count). The molecule has 0 bridgehead atoms. The Morgan fingerprint density at radius 3 is 2.55 bits per heavy atom. The summed E-state index contributed by atoms with van der Waals surface area (Å²) in [6.45, 7) is 3.94. The molecule has 0 saturated heterocycles. The van der Waals surface area contributed by atoms with Crippen LogP contribution in [0.4, 0.5) is 11.4 Å². The van der Waals surface area contributed by atoms with Crippen LogP contribution in [0.3, 0.4) is 0 Å². The van der Waals surface area contributed by atoms with Gasteiger partial charge < -0.3 is 15.4 Å². The fourth-order valence-electron chi connectivity index (χ4n) is 2.62. The van der Waals surface area contributed by atoms with Gasteiger partial charge in [-0.05, 0) is 50.2 Å². The van der Waals surface area contributed by atoms with Crippen LogP contribution in [0.2, 0.25) is 5.02 Å². The SMILES string of the molecule is CCOc1ccccc1NC(=O)c1nnn(CC(=O)Nc2ccc(Cl)cc2)c1C. The predicted octanol–water partition coefficient (Wildman–Crippen LogP) is 3.53. The van der Waals surface area contributed by atoms with Crippen molar-refractivity contribution in [3.05, 3.63) is 64.9 Å². The van der Waals surface area contributed by atoms with Crippen molar-refractivity contribution in [1.82, 2.24) is 15.0 Å². The highest BCUT2D eigenvalue weighted by Gasteiger charge is 2.19. The maximum atomic E-state index is 12.6. The Kier molecular flexibility index (Phi) is 6.46. The van der Waals surface area contributed by atoms with Crippen molar-refractivity contribution in [3.63, 3.8) is 0 Å². The molecule has 9 heteroatoms. The van der Waals surface area contributed by atoms with Gasteiger partial charge in [0.1, 0.15) is 12.3 Å². The fourth-order valence-corrected chi connectivity index (χ4v) is 2.75. The van der Waals surface area contributed by atoms with Gasteiger partial charge >= 0.3 is 0 Å². The molecule has 0 radical (unpaired) electrons. The summed E-state index contributed by atoms with van der Waals surface area (Å²) in [6, 6.07) is 13.9. The first-order valence-electron chi connectivity index (χ1n) is 8.96. The van der Waals surface area contributed by atoms with Crippen molar-refractivity contribution < 1.29 is 14.3 Å². The molecule has 0 fully saturated rings. The van der Waals surface area contributed by atoms with Crippen molar-refractivity contribution in [2.45, 2.75) is 20.4 Å². The molecule has 2 aromatic carbocycles. The second-order valence-electron chi connectivity index (χ2n) is 6.12. The number of anilines is 2. The van der Waals surface area contributed by atoms with Crippen LogP contribution in [0.25, 0.3) is 0 Å². The Balaban J connectivity index is 1.68. The first kappa shape index (κ1) is 20.3. The molecular weight excluding hydrogens is 394 g/mol. The highest BCUT2D eigenvalue weighted by Crippen LogP contribution is 2.24. The van der Waals surface area contributed by atoms with Crippen molar-refractivity contribution in [2.24, 2.45) is 0 Å². The molecule has 2 N–H and O–H groups in total. The zero-order chi connectivity index (χ0) is 20.8. The molecule has 0 aliphatic carbocycles. The number of para-hydroxylation sites is 2. The van der Waals surface area contributed by atoms with E-state index >= 15 is 0 Å². The molecule has 0 spiro atoms.